The molecule has 7 atom stereocenters. The lowest BCUT2D eigenvalue weighted by molar-refractivity contribution is -0.183. The number of halogens is 4. The zero-order chi connectivity index (χ0) is 29.9. The third-order valence-electron chi connectivity index (χ3n) is 8.33. The number of aromatic nitrogens is 1. The molecule has 0 saturated carbocycles. The van der Waals surface area contributed by atoms with Crippen molar-refractivity contribution in [1.82, 2.24) is 9.88 Å². The van der Waals surface area contributed by atoms with Crippen molar-refractivity contribution in [1.29, 1.82) is 0 Å². The van der Waals surface area contributed by atoms with Crippen molar-refractivity contribution >= 4 is 28.5 Å². The zero-order valence-electron chi connectivity index (χ0n) is 22.9. The summed E-state index contributed by atoms with van der Waals surface area (Å²) >= 11 is 5.60. The maximum absolute atomic E-state index is 12.5. The van der Waals surface area contributed by atoms with Gasteiger partial charge in [0.05, 0.1) is 30.6 Å². The number of carbonyl (C=O) groups is 1. The molecule has 0 spiro atoms. The van der Waals surface area contributed by atoms with Crippen LogP contribution in [0.1, 0.15) is 42.9 Å². The summed E-state index contributed by atoms with van der Waals surface area (Å²) in [6, 6.07) is 13.3. The number of aliphatic carboxylic acids is 1. The van der Waals surface area contributed by atoms with Crippen molar-refractivity contribution < 1.29 is 32.9 Å². The highest BCUT2D eigenvalue weighted by atomic mass is 35.5. The third-order valence-corrected chi connectivity index (χ3v) is 8.58. The Bertz CT molecular complexity index is 1370. The predicted molar refractivity (Wildman–Crippen MR) is 152 cm³/mol. The van der Waals surface area contributed by atoms with Crippen LogP contribution in [0.15, 0.2) is 67.4 Å². The van der Waals surface area contributed by atoms with Crippen LogP contribution in [-0.2, 0) is 4.79 Å². The first-order valence-corrected chi connectivity index (χ1v) is 13.8. The Balaban J connectivity index is 0.000000202. The summed E-state index contributed by atoms with van der Waals surface area (Å²) in [5, 5.41) is 21.4. The number of piperidine rings is 3. The van der Waals surface area contributed by atoms with E-state index in [0.29, 0.717) is 16.9 Å². The first-order valence-electron chi connectivity index (χ1n) is 13.5. The average molecular weight is 591 g/mol. The largest absolute Gasteiger partial charge is 0.497 e. The molecule has 220 valence electrons. The molecule has 3 fully saturated rings. The molecule has 6 nitrogen and oxygen atoms in total. The van der Waals surface area contributed by atoms with E-state index in [2.05, 4.69) is 22.5 Å². The number of nitrogens with zero attached hydrogens (tertiary/aromatic N) is 2. The van der Waals surface area contributed by atoms with Crippen molar-refractivity contribution in [3.63, 3.8) is 0 Å². The van der Waals surface area contributed by atoms with Crippen LogP contribution < -0.4 is 4.74 Å². The third kappa shape index (κ3) is 6.85. The standard InChI is InChI=1S/C20H24N2O2.C11H10ClF3O2/c1-3-13-12-22-9-7-14(13)10-19(22)20(23)16-6-8-21-18-5-4-15(24-2)11-17(16)18;1-6(11(13,14)15)9(10(16)17)7-2-4-8(12)5-3-7/h3-6,8,11,13-14,19-20,23H,1,7,9-10,12H2,2H3;2-6,9H,1H3,(H,16,17)/t13-,14-,19+,20-;6-,9?/m11/s1. The average Bonchev–Trinajstić information content (AvgIpc) is 2.97. The summed E-state index contributed by atoms with van der Waals surface area (Å²) in [6.45, 7) is 6.92. The van der Waals surface area contributed by atoms with E-state index in [9.17, 15) is 23.1 Å². The van der Waals surface area contributed by atoms with Crippen LogP contribution in [0.4, 0.5) is 13.2 Å². The van der Waals surface area contributed by atoms with Crippen LogP contribution in [0.25, 0.3) is 10.9 Å². The van der Waals surface area contributed by atoms with Crippen LogP contribution in [-0.4, -0.2) is 58.5 Å². The first kappa shape index (κ1) is 30.8. The number of carboxylic acids is 1. The van der Waals surface area contributed by atoms with Crippen molar-refractivity contribution in [2.45, 2.75) is 44.0 Å². The Morgan fingerprint density at radius 1 is 1.22 bits per heavy atom. The molecule has 0 radical (unpaired) electrons. The number of carboxylic acid groups (broad SMARTS) is 1. The van der Waals surface area contributed by atoms with Gasteiger partial charge in [-0.05, 0) is 78.7 Å². The normalized spacial score (nSPS) is 24.1. The van der Waals surface area contributed by atoms with E-state index >= 15 is 0 Å². The molecule has 0 amide bonds. The highest BCUT2D eigenvalue weighted by molar-refractivity contribution is 6.30. The van der Waals surface area contributed by atoms with E-state index in [0.717, 1.165) is 48.6 Å². The summed E-state index contributed by atoms with van der Waals surface area (Å²) in [6.07, 6.45) is 1.07. The number of aliphatic hydroxyl groups is 1. The molecule has 2 aromatic carbocycles. The Morgan fingerprint density at radius 2 is 1.93 bits per heavy atom. The van der Waals surface area contributed by atoms with E-state index in [-0.39, 0.29) is 11.6 Å². The second-order valence-electron chi connectivity index (χ2n) is 10.7. The highest BCUT2D eigenvalue weighted by Crippen LogP contribution is 2.42. The minimum absolute atomic E-state index is 0.0896. The molecule has 10 heteroatoms. The Kier molecular flexibility index (Phi) is 9.62. The number of methoxy groups -OCH3 is 1. The Hall–Kier alpha value is -3.14. The fourth-order valence-electron chi connectivity index (χ4n) is 5.95. The molecule has 6 rings (SSSR count). The summed E-state index contributed by atoms with van der Waals surface area (Å²) in [4.78, 5) is 17.8. The van der Waals surface area contributed by atoms with Gasteiger partial charge in [0.2, 0.25) is 0 Å². The molecule has 2 unspecified atom stereocenters. The lowest BCUT2D eigenvalue weighted by Gasteiger charge is -2.50. The molecule has 3 saturated heterocycles. The van der Waals surface area contributed by atoms with Gasteiger partial charge < -0.3 is 14.9 Å². The van der Waals surface area contributed by atoms with Gasteiger partial charge in [-0.25, -0.2) is 0 Å². The lowest BCUT2D eigenvalue weighted by atomic mass is 9.73. The van der Waals surface area contributed by atoms with E-state index in [1.165, 1.54) is 30.7 Å². The molecule has 4 heterocycles. The molecular formula is C31H34ClF3N2O4. The minimum Gasteiger partial charge on any atom is -0.497 e. The smallest absolute Gasteiger partial charge is 0.392 e. The van der Waals surface area contributed by atoms with Crippen LogP contribution in [0.3, 0.4) is 0 Å². The van der Waals surface area contributed by atoms with Gasteiger partial charge in [-0.3, -0.25) is 14.7 Å². The summed E-state index contributed by atoms with van der Waals surface area (Å²) in [7, 11) is 1.66. The summed E-state index contributed by atoms with van der Waals surface area (Å²) in [5.74, 6) is -3.07. The monoisotopic (exact) mass is 590 g/mol. The zero-order valence-corrected chi connectivity index (χ0v) is 23.6. The van der Waals surface area contributed by atoms with Crippen LogP contribution in [0.2, 0.25) is 5.02 Å². The Labute approximate surface area is 242 Å². The predicted octanol–water partition coefficient (Wildman–Crippen LogP) is 6.88. The molecule has 3 aromatic rings. The van der Waals surface area contributed by atoms with Crippen LogP contribution in [0.5, 0.6) is 5.75 Å². The van der Waals surface area contributed by atoms with Crippen LogP contribution >= 0.6 is 11.6 Å². The Morgan fingerprint density at radius 3 is 2.49 bits per heavy atom. The van der Waals surface area contributed by atoms with Gasteiger partial charge in [0.1, 0.15) is 5.75 Å². The van der Waals surface area contributed by atoms with Crippen LogP contribution in [0, 0.1) is 17.8 Å². The molecule has 3 aliphatic heterocycles. The number of fused-ring (bicyclic) bond motifs is 4. The van der Waals surface area contributed by atoms with E-state index in [1.54, 1.807) is 13.3 Å². The van der Waals surface area contributed by atoms with Crippen molar-refractivity contribution in [3.8, 4) is 5.75 Å². The number of rotatable bonds is 7. The second kappa shape index (κ2) is 12.8. The quantitative estimate of drug-likeness (QED) is 0.292. The molecule has 0 aliphatic carbocycles. The van der Waals surface area contributed by atoms with Gasteiger partial charge in [-0.15, -0.1) is 6.58 Å². The number of alkyl halides is 3. The van der Waals surface area contributed by atoms with Gasteiger partial charge in [0, 0.05) is 29.2 Å². The van der Waals surface area contributed by atoms with Gasteiger partial charge in [0.15, 0.2) is 0 Å². The fraction of sp³-hybridized carbons (Fsp3) is 0.419. The number of aliphatic hydroxyl groups excluding tert-OH is 1. The first-order chi connectivity index (χ1) is 19.4. The van der Waals surface area contributed by atoms with Crippen molar-refractivity contribution in [3.05, 3.63) is 83.5 Å². The van der Waals surface area contributed by atoms with E-state index < -0.39 is 30.1 Å². The minimum atomic E-state index is -4.55. The van der Waals surface area contributed by atoms with Gasteiger partial charge >= 0.3 is 12.1 Å². The molecule has 2 bridgehead atoms. The highest BCUT2D eigenvalue weighted by Gasteiger charge is 2.45. The summed E-state index contributed by atoms with van der Waals surface area (Å²) in [5.41, 5.74) is 1.94. The SMILES string of the molecule is C=C[C@@H]1CN2CC[C@@H]1C[C@H]2[C@H](O)c1ccnc2ccc(OC)cc12.C[C@H](C(C(=O)O)c1ccc(Cl)cc1)C(F)(F)F. The summed E-state index contributed by atoms with van der Waals surface area (Å²) < 4.78 is 43.0. The van der Waals surface area contributed by atoms with E-state index in [1.807, 2.05) is 24.3 Å². The fourth-order valence-corrected chi connectivity index (χ4v) is 6.07. The number of hydrogen-bond donors (Lipinski definition) is 2. The second-order valence-corrected chi connectivity index (χ2v) is 11.1. The van der Waals surface area contributed by atoms with Crippen molar-refractivity contribution in [2.75, 3.05) is 20.2 Å². The number of pyridine rings is 1. The maximum Gasteiger partial charge on any atom is 0.392 e. The van der Waals surface area contributed by atoms with Gasteiger partial charge in [-0.1, -0.05) is 36.7 Å². The molecule has 1 aromatic heterocycles. The topological polar surface area (TPSA) is 82.9 Å². The van der Waals surface area contributed by atoms with Gasteiger partial charge in [-0.2, -0.15) is 13.2 Å². The molecule has 3 aliphatic rings. The number of hydrogen-bond acceptors (Lipinski definition) is 5. The molecule has 2 N–H and O–H groups in total. The number of benzene rings is 2. The maximum atomic E-state index is 12.5. The van der Waals surface area contributed by atoms with Crippen molar-refractivity contribution in [2.24, 2.45) is 17.8 Å². The number of ether oxygens (including phenoxy) is 1. The molecule has 41 heavy (non-hydrogen) atoms. The lowest BCUT2D eigenvalue weighted by Crippen LogP contribution is -2.54. The molecular weight excluding hydrogens is 557 g/mol. The van der Waals surface area contributed by atoms with Gasteiger partial charge in [0.25, 0.3) is 0 Å². The van der Waals surface area contributed by atoms with E-state index in [4.69, 9.17) is 21.4 Å².